The molecular formula is C14H11N3O3S. The highest BCUT2D eigenvalue weighted by Gasteiger charge is 2.15. The first-order valence-electron chi connectivity index (χ1n) is 5.85. The van der Waals surface area contributed by atoms with Crippen molar-refractivity contribution in [2.45, 2.75) is 4.90 Å². The van der Waals surface area contributed by atoms with E-state index in [1.165, 1.54) is 42.5 Å². The Hall–Kier alpha value is -2.69. The van der Waals surface area contributed by atoms with Gasteiger partial charge in [0.05, 0.1) is 17.3 Å². The minimum atomic E-state index is -3.93. The Balaban J connectivity index is 2.30. The van der Waals surface area contributed by atoms with Gasteiger partial charge in [-0.2, -0.15) is 5.26 Å². The maximum Gasteiger partial charge on any atom is 0.255 e. The van der Waals surface area contributed by atoms with E-state index in [0.29, 0.717) is 11.1 Å². The van der Waals surface area contributed by atoms with Crippen molar-refractivity contribution in [1.29, 1.82) is 5.26 Å². The van der Waals surface area contributed by atoms with E-state index in [1.54, 1.807) is 6.07 Å². The number of nitrogens with one attached hydrogen (secondary N) is 1. The monoisotopic (exact) mass is 301 g/mol. The average Bonchev–Trinajstić information content (AvgIpc) is 2.47. The van der Waals surface area contributed by atoms with Crippen molar-refractivity contribution in [1.82, 2.24) is 0 Å². The number of rotatable bonds is 3. The zero-order valence-electron chi connectivity index (χ0n) is 10.8. The molecule has 1 amide bonds. The molecule has 0 aliphatic heterocycles. The molecule has 21 heavy (non-hydrogen) atoms. The lowest BCUT2D eigenvalue weighted by molar-refractivity contribution is 0.102. The number of sulfonamides is 1. The van der Waals surface area contributed by atoms with Crippen molar-refractivity contribution in [3.05, 3.63) is 59.7 Å². The van der Waals surface area contributed by atoms with Crippen molar-refractivity contribution in [2.24, 2.45) is 5.14 Å². The van der Waals surface area contributed by atoms with Crippen LogP contribution in [-0.4, -0.2) is 14.3 Å². The van der Waals surface area contributed by atoms with Crippen LogP contribution in [-0.2, 0) is 10.0 Å². The van der Waals surface area contributed by atoms with E-state index >= 15 is 0 Å². The topological polar surface area (TPSA) is 113 Å². The number of hydrogen-bond donors (Lipinski definition) is 2. The van der Waals surface area contributed by atoms with Crippen molar-refractivity contribution >= 4 is 21.6 Å². The van der Waals surface area contributed by atoms with E-state index in [2.05, 4.69) is 5.32 Å². The predicted octanol–water partition coefficient (Wildman–Crippen LogP) is 1.46. The Kier molecular flexibility index (Phi) is 4.03. The van der Waals surface area contributed by atoms with Crippen molar-refractivity contribution in [2.75, 3.05) is 5.32 Å². The first-order chi connectivity index (χ1) is 9.91. The van der Waals surface area contributed by atoms with Crippen molar-refractivity contribution in [3.63, 3.8) is 0 Å². The van der Waals surface area contributed by atoms with Gasteiger partial charge in [-0.1, -0.05) is 12.1 Å². The molecule has 0 radical (unpaired) electrons. The van der Waals surface area contributed by atoms with Gasteiger partial charge in [-0.3, -0.25) is 4.79 Å². The van der Waals surface area contributed by atoms with Crippen LogP contribution in [0, 0.1) is 11.3 Å². The summed E-state index contributed by atoms with van der Waals surface area (Å²) in [5, 5.41) is 16.3. The number of benzene rings is 2. The summed E-state index contributed by atoms with van der Waals surface area (Å²) in [6.45, 7) is 0. The molecule has 0 aliphatic rings. The summed E-state index contributed by atoms with van der Waals surface area (Å²) in [7, 11) is -3.93. The Bertz CT molecular complexity index is 821. The lowest BCUT2D eigenvalue weighted by Gasteiger charge is -2.09. The van der Waals surface area contributed by atoms with E-state index in [0.717, 1.165) is 0 Å². The first-order valence-corrected chi connectivity index (χ1v) is 7.40. The van der Waals surface area contributed by atoms with Crippen LogP contribution in [0.25, 0.3) is 0 Å². The Labute approximate surface area is 121 Å². The van der Waals surface area contributed by atoms with Gasteiger partial charge in [-0.05, 0) is 36.4 Å². The molecule has 0 aliphatic carbocycles. The van der Waals surface area contributed by atoms with Crippen LogP contribution in [0.3, 0.4) is 0 Å². The third-order valence-electron chi connectivity index (χ3n) is 2.72. The average molecular weight is 301 g/mol. The Morgan fingerprint density at radius 2 is 1.71 bits per heavy atom. The minimum Gasteiger partial charge on any atom is -0.321 e. The number of anilines is 1. The number of para-hydroxylation sites is 1. The molecular weight excluding hydrogens is 290 g/mol. The fourth-order valence-electron chi connectivity index (χ4n) is 1.71. The smallest absolute Gasteiger partial charge is 0.255 e. The zero-order valence-corrected chi connectivity index (χ0v) is 11.6. The number of nitrogens with zero attached hydrogens (tertiary/aromatic N) is 1. The normalized spacial score (nSPS) is 10.7. The molecule has 6 nitrogen and oxygen atoms in total. The van der Waals surface area contributed by atoms with Crippen molar-refractivity contribution in [3.8, 4) is 6.07 Å². The highest BCUT2D eigenvalue weighted by molar-refractivity contribution is 7.89. The van der Waals surface area contributed by atoms with Crippen LogP contribution in [0.5, 0.6) is 0 Å². The molecule has 0 saturated carbocycles. The summed E-state index contributed by atoms with van der Waals surface area (Å²) >= 11 is 0. The Morgan fingerprint density at radius 3 is 2.29 bits per heavy atom. The van der Waals surface area contributed by atoms with Gasteiger partial charge in [0.25, 0.3) is 5.91 Å². The fraction of sp³-hybridized carbons (Fsp3) is 0. The van der Waals surface area contributed by atoms with E-state index in [4.69, 9.17) is 10.4 Å². The minimum absolute atomic E-state index is 0.106. The molecule has 2 rings (SSSR count). The molecule has 7 heteroatoms. The zero-order chi connectivity index (χ0) is 15.5. The van der Waals surface area contributed by atoms with Crippen LogP contribution in [0.4, 0.5) is 5.69 Å². The molecule has 106 valence electrons. The molecule has 0 atom stereocenters. The highest BCUT2D eigenvalue weighted by atomic mass is 32.2. The van der Waals surface area contributed by atoms with Gasteiger partial charge < -0.3 is 5.32 Å². The Morgan fingerprint density at radius 1 is 1.10 bits per heavy atom. The van der Waals surface area contributed by atoms with Crippen LogP contribution < -0.4 is 10.5 Å². The van der Waals surface area contributed by atoms with Crippen LogP contribution in [0.2, 0.25) is 0 Å². The number of nitrogens with two attached hydrogens (primary N) is 1. The number of carbonyl (C=O) groups excluding carboxylic acids is 1. The maximum absolute atomic E-state index is 12.1. The molecule has 0 bridgehead atoms. The van der Waals surface area contributed by atoms with Gasteiger partial charge in [0.1, 0.15) is 4.90 Å². The molecule has 0 heterocycles. The summed E-state index contributed by atoms with van der Waals surface area (Å²) in [5.74, 6) is -0.490. The molecule has 2 aromatic rings. The second-order valence-electron chi connectivity index (χ2n) is 4.18. The summed E-state index contributed by atoms with van der Waals surface area (Å²) in [6.07, 6.45) is 0. The van der Waals surface area contributed by atoms with Gasteiger partial charge in [0, 0.05) is 5.56 Å². The third kappa shape index (κ3) is 3.45. The van der Waals surface area contributed by atoms with Gasteiger partial charge in [-0.25, -0.2) is 13.6 Å². The molecule has 0 unspecified atom stereocenters. The van der Waals surface area contributed by atoms with Crippen molar-refractivity contribution < 1.29 is 13.2 Å². The van der Waals surface area contributed by atoms with Crippen LogP contribution >= 0.6 is 0 Å². The summed E-state index contributed by atoms with van der Waals surface area (Å²) in [4.78, 5) is 11.9. The molecule has 0 fully saturated rings. The quantitative estimate of drug-likeness (QED) is 0.893. The number of carbonyl (C=O) groups is 1. The van der Waals surface area contributed by atoms with E-state index in [-0.39, 0.29) is 10.6 Å². The number of amides is 1. The lowest BCUT2D eigenvalue weighted by atomic mass is 10.1. The molecule has 2 aromatic carbocycles. The van der Waals surface area contributed by atoms with Crippen LogP contribution in [0.15, 0.2) is 53.4 Å². The van der Waals surface area contributed by atoms with Gasteiger partial charge in [0.15, 0.2) is 0 Å². The summed E-state index contributed by atoms with van der Waals surface area (Å²) < 4.78 is 22.9. The number of primary sulfonamides is 1. The summed E-state index contributed by atoms with van der Waals surface area (Å²) in [6, 6.07) is 13.8. The van der Waals surface area contributed by atoms with E-state index < -0.39 is 15.9 Å². The predicted molar refractivity (Wildman–Crippen MR) is 76.9 cm³/mol. The van der Waals surface area contributed by atoms with Gasteiger partial charge >= 0.3 is 0 Å². The molecule has 0 spiro atoms. The SMILES string of the molecule is N#Cc1ccc(C(=O)Nc2ccccc2S(N)(=O)=O)cc1. The largest absolute Gasteiger partial charge is 0.321 e. The fourth-order valence-corrected chi connectivity index (χ4v) is 2.40. The summed E-state index contributed by atoms with van der Waals surface area (Å²) in [5.41, 5.74) is 0.837. The van der Waals surface area contributed by atoms with E-state index in [1.807, 2.05) is 6.07 Å². The second-order valence-corrected chi connectivity index (χ2v) is 5.71. The number of hydrogen-bond acceptors (Lipinski definition) is 4. The highest BCUT2D eigenvalue weighted by Crippen LogP contribution is 2.20. The molecule has 3 N–H and O–H groups in total. The lowest BCUT2D eigenvalue weighted by Crippen LogP contribution is -2.18. The standard InChI is InChI=1S/C14H11N3O3S/c15-9-10-5-7-11(8-6-10)14(18)17-12-3-1-2-4-13(12)21(16,19)20/h1-8H,(H,17,18)(H2,16,19,20). The first kappa shape index (κ1) is 14.7. The van der Waals surface area contributed by atoms with Gasteiger partial charge in [0.2, 0.25) is 10.0 Å². The molecule has 0 aromatic heterocycles. The number of nitriles is 1. The molecule has 0 saturated heterocycles. The van der Waals surface area contributed by atoms with Gasteiger partial charge in [-0.15, -0.1) is 0 Å². The third-order valence-corrected chi connectivity index (χ3v) is 3.69. The van der Waals surface area contributed by atoms with E-state index in [9.17, 15) is 13.2 Å². The van der Waals surface area contributed by atoms with Crippen LogP contribution in [0.1, 0.15) is 15.9 Å². The maximum atomic E-state index is 12.1. The second kappa shape index (κ2) is 5.75.